The molecule has 29 heavy (non-hydrogen) atoms. The summed E-state index contributed by atoms with van der Waals surface area (Å²) in [5.41, 5.74) is -0.633. The Balaban J connectivity index is 1.58. The second kappa shape index (κ2) is 8.44. The van der Waals surface area contributed by atoms with Crippen LogP contribution in [-0.4, -0.2) is 51.8 Å². The van der Waals surface area contributed by atoms with Crippen LogP contribution < -0.4 is 10.9 Å². The molecule has 1 aromatic heterocycles. The van der Waals surface area contributed by atoms with Gasteiger partial charge in [-0.15, -0.1) is 0 Å². The first-order chi connectivity index (χ1) is 13.6. The molecule has 9 heteroatoms. The summed E-state index contributed by atoms with van der Waals surface area (Å²) in [4.78, 5) is 30.0. The number of carbonyl (C=O) groups is 1. The fraction of sp³-hybridized carbons (Fsp3) is 0.550. The summed E-state index contributed by atoms with van der Waals surface area (Å²) < 4.78 is 34.3. The molecule has 1 amide bonds. The number of ether oxygens (including phenoxy) is 1. The second-order valence-electron chi connectivity index (χ2n) is 8.32. The number of hydrogen-bond donors (Lipinski definition) is 1. The highest BCUT2D eigenvalue weighted by Gasteiger charge is 2.24. The first kappa shape index (κ1) is 21.2. The molecule has 1 aliphatic heterocycles. The Bertz CT molecular complexity index is 947. The first-order valence-electron chi connectivity index (χ1n) is 9.68. The molecule has 158 valence electrons. The smallest absolute Gasteiger partial charge is 0.407 e. The number of aromatic nitrogens is 2. The van der Waals surface area contributed by atoms with Gasteiger partial charge in [0.2, 0.25) is 0 Å². The number of benzene rings is 1. The van der Waals surface area contributed by atoms with Crippen molar-refractivity contribution in [3.05, 3.63) is 40.3 Å². The molecule has 0 radical (unpaired) electrons. The molecule has 7 nitrogen and oxygen atoms in total. The Kier molecular flexibility index (Phi) is 6.16. The highest BCUT2D eigenvalue weighted by molar-refractivity contribution is 5.75. The lowest BCUT2D eigenvalue weighted by atomic mass is 10.1. The molecule has 0 spiro atoms. The lowest BCUT2D eigenvalue weighted by Crippen LogP contribution is -2.45. The Hall–Kier alpha value is -2.55. The van der Waals surface area contributed by atoms with Gasteiger partial charge in [-0.05, 0) is 33.6 Å². The number of carbonyl (C=O) groups excluding carboxylic acids is 1. The zero-order valence-corrected chi connectivity index (χ0v) is 16.9. The SMILES string of the molecule is CC(C)(C)NC(=O)OC1CCN(CCn2c(=O)cnc3c(F)cc(F)cc32)CC1. The van der Waals surface area contributed by atoms with E-state index in [9.17, 15) is 18.4 Å². The van der Waals surface area contributed by atoms with E-state index in [0.29, 0.717) is 32.5 Å². The maximum absolute atomic E-state index is 13.9. The van der Waals surface area contributed by atoms with Crippen LogP contribution in [0.25, 0.3) is 11.0 Å². The maximum Gasteiger partial charge on any atom is 0.407 e. The van der Waals surface area contributed by atoms with Crippen molar-refractivity contribution in [2.24, 2.45) is 0 Å². The van der Waals surface area contributed by atoms with E-state index >= 15 is 0 Å². The molecule has 0 unspecified atom stereocenters. The van der Waals surface area contributed by atoms with Crippen LogP contribution in [0.1, 0.15) is 33.6 Å². The second-order valence-corrected chi connectivity index (χ2v) is 8.32. The van der Waals surface area contributed by atoms with Gasteiger partial charge in [-0.1, -0.05) is 0 Å². The molecule has 0 saturated carbocycles. The van der Waals surface area contributed by atoms with Gasteiger partial charge in [0.1, 0.15) is 17.4 Å². The van der Waals surface area contributed by atoms with Gasteiger partial charge in [0.05, 0.1) is 11.7 Å². The third-order valence-corrected chi connectivity index (χ3v) is 4.79. The molecule has 0 bridgehead atoms. The van der Waals surface area contributed by atoms with Crippen molar-refractivity contribution in [1.29, 1.82) is 0 Å². The van der Waals surface area contributed by atoms with Crippen molar-refractivity contribution in [1.82, 2.24) is 19.8 Å². The lowest BCUT2D eigenvalue weighted by molar-refractivity contribution is 0.0464. The Morgan fingerprint density at radius 2 is 1.93 bits per heavy atom. The van der Waals surface area contributed by atoms with Gasteiger partial charge in [0.15, 0.2) is 5.82 Å². The molecule has 1 aliphatic rings. The summed E-state index contributed by atoms with van der Waals surface area (Å²) in [5.74, 6) is -1.54. The highest BCUT2D eigenvalue weighted by atomic mass is 19.1. The average molecular weight is 408 g/mol. The van der Waals surface area contributed by atoms with Crippen LogP contribution in [0.2, 0.25) is 0 Å². The Morgan fingerprint density at radius 1 is 1.24 bits per heavy atom. The number of alkyl carbamates (subject to hydrolysis) is 1. The van der Waals surface area contributed by atoms with E-state index in [0.717, 1.165) is 18.3 Å². The van der Waals surface area contributed by atoms with Crippen LogP contribution in [0.5, 0.6) is 0 Å². The summed E-state index contributed by atoms with van der Waals surface area (Å²) in [5, 5.41) is 2.78. The quantitative estimate of drug-likeness (QED) is 0.842. The Morgan fingerprint density at radius 3 is 2.59 bits per heavy atom. The fourth-order valence-corrected chi connectivity index (χ4v) is 3.40. The van der Waals surface area contributed by atoms with Gasteiger partial charge >= 0.3 is 6.09 Å². The van der Waals surface area contributed by atoms with Crippen LogP contribution in [-0.2, 0) is 11.3 Å². The van der Waals surface area contributed by atoms with E-state index in [2.05, 4.69) is 15.2 Å². The number of halogens is 2. The van der Waals surface area contributed by atoms with Crippen LogP contribution in [0.15, 0.2) is 23.1 Å². The zero-order valence-electron chi connectivity index (χ0n) is 16.9. The lowest BCUT2D eigenvalue weighted by Gasteiger charge is -2.32. The van der Waals surface area contributed by atoms with Gasteiger partial charge in [0, 0.05) is 43.9 Å². The predicted molar refractivity (Wildman–Crippen MR) is 105 cm³/mol. The van der Waals surface area contributed by atoms with Gasteiger partial charge in [-0.2, -0.15) is 0 Å². The monoisotopic (exact) mass is 408 g/mol. The van der Waals surface area contributed by atoms with Crippen molar-refractivity contribution in [2.75, 3.05) is 19.6 Å². The van der Waals surface area contributed by atoms with Crippen LogP contribution >= 0.6 is 0 Å². The molecular formula is C20H26F2N4O3. The number of likely N-dealkylation sites (tertiary alicyclic amines) is 1. The van der Waals surface area contributed by atoms with Gasteiger partial charge in [0.25, 0.3) is 5.56 Å². The molecule has 3 rings (SSSR count). The van der Waals surface area contributed by atoms with Gasteiger partial charge in [-0.25, -0.2) is 18.6 Å². The van der Waals surface area contributed by atoms with Crippen LogP contribution in [0.3, 0.4) is 0 Å². The average Bonchev–Trinajstić information content (AvgIpc) is 2.60. The molecule has 2 aromatic rings. The van der Waals surface area contributed by atoms with E-state index in [-0.39, 0.29) is 29.2 Å². The number of rotatable bonds is 4. The van der Waals surface area contributed by atoms with E-state index in [1.807, 2.05) is 20.8 Å². The third kappa shape index (κ3) is 5.50. The number of nitrogens with zero attached hydrogens (tertiary/aromatic N) is 3. The Labute approximate surface area is 167 Å². The predicted octanol–water partition coefficient (Wildman–Crippen LogP) is 2.66. The van der Waals surface area contributed by atoms with Crippen molar-refractivity contribution < 1.29 is 18.3 Å². The molecular weight excluding hydrogens is 382 g/mol. The van der Waals surface area contributed by atoms with Crippen molar-refractivity contribution in [3.8, 4) is 0 Å². The number of amides is 1. The zero-order chi connectivity index (χ0) is 21.2. The fourth-order valence-electron chi connectivity index (χ4n) is 3.40. The molecule has 1 N–H and O–H groups in total. The molecule has 2 heterocycles. The molecule has 0 atom stereocenters. The van der Waals surface area contributed by atoms with Gasteiger partial charge in [-0.3, -0.25) is 4.79 Å². The summed E-state index contributed by atoms with van der Waals surface area (Å²) in [6, 6.07) is 1.88. The number of hydrogen-bond acceptors (Lipinski definition) is 5. The number of piperidine rings is 1. The maximum atomic E-state index is 13.9. The molecule has 1 fully saturated rings. The van der Waals surface area contributed by atoms with Crippen molar-refractivity contribution >= 4 is 17.1 Å². The third-order valence-electron chi connectivity index (χ3n) is 4.79. The van der Waals surface area contributed by atoms with Crippen LogP contribution in [0.4, 0.5) is 13.6 Å². The van der Waals surface area contributed by atoms with Crippen molar-refractivity contribution in [3.63, 3.8) is 0 Å². The van der Waals surface area contributed by atoms with Gasteiger partial charge < -0.3 is 19.5 Å². The summed E-state index contributed by atoms with van der Waals surface area (Å²) in [7, 11) is 0. The van der Waals surface area contributed by atoms with E-state index in [1.54, 1.807) is 0 Å². The minimum absolute atomic E-state index is 0.0250. The minimum atomic E-state index is -0.791. The summed E-state index contributed by atoms with van der Waals surface area (Å²) in [6.45, 7) is 7.90. The van der Waals surface area contributed by atoms with Crippen LogP contribution in [0, 0.1) is 11.6 Å². The normalized spacial score (nSPS) is 16.2. The highest BCUT2D eigenvalue weighted by Crippen LogP contribution is 2.17. The van der Waals surface area contributed by atoms with E-state index in [4.69, 9.17) is 4.74 Å². The minimum Gasteiger partial charge on any atom is -0.446 e. The molecule has 1 aromatic carbocycles. The number of fused-ring (bicyclic) bond motifs is 1. The topological polar surface area (TPSA) is 76.5 Å². The number of nitrogens with one attached hydrogen (secondary N) is 1. The largest absolute Gasteiger partial charge is 0.446 e. The van der Waals surface area contributed by atoms with E-state index in [1.165, 1.54) is 4.57 Å². The van der Waals surface area contributed by atoms with E-state index < -0.39 is 23.3 Å². The summed E-state index contributed by atoms with van der Waals surface area (Å²) in [6.07, 6.45) is 1.85. The van der Waals surface area contributed by atoms with Crippen molar-refractivity contribution in [2.45, 2.75) is 51.8 Å². The summed E-state index contributed by atoms with van der Waals surface area (Å²) >= 11 is 0. The standard InChI is InChI=1S/C20H26F2N4O3/c1-20(2,3)24-19(28)29-14-4-6-25(7-5-14)8-9-26-16-11-13(21)10-15(22)18(16)23-12-17(26)27/h10-12,14H,4-9H2,1-3H3,(H,24,28). The molecule has 1 saturated heterocycles. The molecule has 0 aliphatic carbocycles. The first-order valence-corrected chi connectivity index (χ1v) is 9.68.